The summed E-state index contributed by atoms with van der Waals surface area (Å²) in [6.07, 6.45) is 4.83. The number of thiocarbonyl (C=S) groups is 1. The lowest BCUT2D eigenvalue weighted by atomic mass is 10.0. The van der Waals surface area contributed by atoms with E-state index >= 15 is 0 Å². The van der Waals surface area contributed by atoms with E-state index in [0.29, 0.717) is 6.61 Å². The summed E-state index contributed by atoms with van der Waals surface area (Å²) in [4.78, 5) is 6.87. The normalized spacial score (nSPS) is 18.8. The van der Waals surface area contributed by atoms with E-state index < -0.39 is 0 Å². The summed E-state index contributed by atoms with van der Waals surface area (Å²) in [5.74, 6) is 0. The number of pyridine rings is 1. The number of aromatic nitrogens is 2. The van der Waals surface area contributed by atoms with Gasteiger partial charge in [-0.05, 0) is 61.1 Å². The molecule has 1 aromatic carbocycles. The first-order valence-electron chi connectivity index (χ1n) is 9.59. The van der Waals surface area contributed by atoms with E-state index in [0.717, 1.165) is 33.9 Å². The summed E-state index contributed by atoms with van der Waals surface area (Å²) in [7, 11) is 1.73. The van der Waals surface area contributed by atoms with Crippen molar-refractivity contribution in [2.75, 3.05) is 20.3 Å². The van der Waals surface area contributed by atoms with E-state index in [9.17, 15) is 0 Å². The molecule has 1 fully saturated rings. The zero-order chi connectivity index (χ0) is 20.2. The van der Waals surface area contributed by atoms with Crippen LogP contribution in [0.3, 0.4) is 0 Å². The summed E-state index contributed by atoms with van der Waals surface area (Å²) < 4.78 is 8.54. The van der Waals surface area contributed by atoms with Crippen molar-refractivity contribution in [3.8, 4) is 5.69 Å². The Morgan fingerprint density at radius 3 is 2.83 bits per heavy atom. The third kappa shape index (κ3) is 4.22. The lowest BCUT2D eigenvalue weighted by Crippen LogP contribution is -2.32. The van der Waals surface area contributed by atoms with Gasteiger partial charge in [-0.15, -0.1) is 0 Å². The number of rotatable bonds is 7. The second-order valence-corrected chi connectivity index (χ2v) is 8.25. The quantitative estimate of drug-likeness (QED) is 0.402. The molecule has 0 spiro atoms. The van der Waals surface area contributed by atoms with Gasteiger partial charge in [-0.2, -0.15) is 0 Å². The SMILES string of the molecule is COCCCN1C(=S)N[C@H](c2ccccn2)[C@H]1c1cccn1-c1cccc(Br)c1. The average molecular weight is 471 g/mol. The van der Waals surface area contributed by atoms with Gasteiger partial charge in [0.05, 0.1) is 17.8 Å². The molecule has 1 N–H and O–H groups in total. The highest BCUT2D eigenvalue weighted by Gasteiger charge is 2.40. The molecule has 2 atom stereocenters. The first-order valence-corrected chi connectivity index (χ1v) is 10.8. The summed E-state index contributed by atoms with van der Waals surface area (Å²) in [5, 5.41) is 4.26. The van der Waals surface area contributed by atoms with Gasteiger partial charge in [-0.1, -0.05) is 28.1 Å². The molecule has 150 valence electrons. The summed E-state index contributed by atoms with van der Waals surface area (Å²) in [6.45, 7) is 1.52. The van der Waals surface area contributed by atoms with E-state index in [1.807, 2.05) is 30.5 Å². The first kappa shape index (κ1) is 20.1. The number of halogens is 1. The molecule has 3 heterocycles. The van der Waals surface area contributed by atoms with Crippen molar-refractivity contribution in [3.05, 3.63) is 82.9 Å². The van der Waals surface area contributed by atoms with Crippen molar-refractivity contribution in [3.63, 3.8) is 0 Å². The standard InChI is InChI=1S/C22H23BrN4OS/c1-28-14-6-13-27-21(20(25-22(27)29)18-9-2-3-11-24-18)19-10-5-12-26(19)17-8-4-7-16(23)15-17/h2-5,7-12,15,20-21H,6,13-14H2,1H3,(H,25,29)/t20-,21-/m1/s1. The van der Waals surface area contributed by atoms with E-state index in [-0.39, 0.29) is 12.1 Å². The molecule has 0 aliphatic carbocycles. The molecule has 0 bridgehead atoms. The van der Waals surface area contributed by atoms with Crippen molar-refractivity contribution < 1.29 is 4.74 Å². The van der Waals surface area contributed by atoms with Crippen LogP contribution in [0.1, 0.15) is 29.9 Å². The molecule has 29 heavy (non-hydrogen) atoms. The maximum atomic E-state index is 5.73. The number of hydrogen-bond acceptors (Lipinski definition) is 3. The fourth-order valence-electron chi connectivity index (χ4n) is 3.84. The topological polar surface area (TPSA) is 42.3 Å². The number of hydrogen-bond donors (Lipinski definition) is 1. The monoisotopic (exact) mass is 470 g/mol. The molecule has 1 saturated heterocycles. The summed E-state index contributed by atoms with van der Waals surface area (Å²) in [5.41, 5.74) is 3.26. The molecule has 4 rings (SSSR count). The molecular weight excluding hydrogens is 448 g/mol. The molecule has 1 aliphatic heterocycles. The maximum Gasteiger partial charge on any atom is 0.170 e. The lowest BCUT2D eigenvalue weighted by molar-refractivity contribution is 0.180. The van der Waals surface area contributed by atoms with Crippen LogP contribution in [0.2, 0.25) is 0 Å². The van der Waals surface area contributed by atoms with Crippen LogP contribution >= 0.6 is 28.1 Å². The molecule has 5 nitrogen and oxygen atoms in total. The second kappa shape index (κ2) is 9.07. The molecule has 0 saturated carbocycles. The van der Waals surface area contributed by atoms with Crippen LogP contribution in [0.15, 0.2) is 71.5 Å². The fraction of sp³-hybridized carbons (Fsp3) is 0.273. The Morgan fingerprint density at radius 2 is 2.07 bits per heavy atom. The van der Waals surface area contributed by atoms with Gasteiger partial charge in [-0.25, -0.2) is 0 Å². The molecule has 3 aromatic rings. The van der Waals surface area contributed by atoms with Gasteiger partial charge < -0.3 is 19.5 Å². The minimum atomic E-state index is -0.0213. The van der Waals surface area contributed by atoms with Gasteiger partial charge in [0.15, 0.2) is 5.11 Å². The van der Waals surface area contributed by atoms with Gasteiger partial charge in [-0.3, -0.25) is 4.98 Å². The Kier molecular flexibility index (Phi) is 6.28. The Hall–Kier alpha value is -2.22. The smallest absolute Gasteiger partial charge is 0.170 e. The Labute approximate surface area is 184 Å². The molecule has 1 aliphatic rings. The highest BCUT2D eigenvalue weighted by Crippen LogP contribution is 2.39. The third-order valence-electron chi connectivity index (χ3n) is 5.11. The van der Waals surface area contributed by atoms with E-state index in [2.05, 4.69) is 72.2 Å². The second-order valence-electron chi connectivity index (χ2n) is 6.95. The van der Waals surface area contributed by atoms with Gasteiger partial charge in [0.1, 0.15) is 0 Å². The van der Waals surface area contributed by atoms with Crippen LogP contribution < -0.4 is 5.32 Å². The molecular formula is C22H23BrN4OS. The van der Waals surface area contributed by atoms with E-state index in [4.69, 9.17) is 17.0 Å². The lowest BCUT2D eigenvalue weighted by Gasteiger charge is -2.29. The Bertz CT molecular complexity index is 978. The van der Waals surface area contributed by atoms with Crippen LogP contribution in [-0.2, 0) is 4.74 Å². The fourth-order valence-corrected chi connectivity index (χ4v) is 4.56. The van der Waals surface area contributed by atoms with Crippen LogP contribution in [0.25, 0.3) is 5.69 Å². The van der Waals surface area contributed by atoms with Gasteiger partial charge in [0.2, 0.25) is 0 Å². The van der Waals surface area contributed by atoms with Gasteiger partial charge in [0.25, 0.3) is 0 Å². The number of ether oxygens (including phenoxy) is 1. The predicted molar refractivity (Wildman–Crippen MR) is 122 cm³/mol. The highest BCUT2D eigenvalue weighted by atomic mass is 79.9. The molecule has 7 heteroatoms. The molecule has 0 unspecified atom stereocenters. The molecule has 2 aromatic heterocycles. The largest absolute Gasteiger partial charge is 0.385 e. The average Bonchev–Trinajstić information content (AvgIpc) is 3.33. The number of methoxy groups -OCH3 is 1. The van der Waals surface area contributed by atoms with Crippen LogP contribution in [0.5, 0.6) is 0 Å². The highest BCUT2D eigenvalue weighted by molar-refractivity contribution is 9.10. The number of nitrogens with one attached hydrogen (secondary N) is 1. The number of nitrogens with zero attached hydrogens (tertiary/aromatic N) is 3. The summed E-state index contributed by atoms with van der Waals surface area (Å²) in [6, 6.07) is 18.6. The van der Waals surface area contributed by atoms with E-state index in [1.54, 1.807) is 7.11 Å². The maximum absolute atomic E-state index is 5.73. The minimum absolute atomic E-state index is 0.0213. The van der Waals surface area contributed by atoms with Crippen molar-refractivity contribution in [2.24, 2.45) is 0 Å². The van der Waals surface area contributed by atoms with E-state index in [1.165, 1.54) is 5.69 Å². The van der Waals surface area contributed by atoms with Crippen molar-refractivity contribution in [1.82, 2.24) is 19.8 Å². The minimum Gasteiger partial charge on any atom is -0.385 e. The molecule has 0 amide bonds. The van der Waals surface area contributed by atoms with Gasteiger partial charge >= 0.3 is 0 Å². The van der Waals surface area contributed by atoms with Crippen LogP contribution in [-0.4, -0.2) is 39.8 Å². The number of benzene rings is 1. The Morgan fingerprint density at radius 1 is 1.17 bits per heavy atom. The summed E-state index contributed by atoms with van der Waals surface area (Å²) >= 11 is 9.32. The van der Waals surface area contributed by atoms with Gasteiger partial charge in [0, 0.05) is 48.5 Å². The predicted octanol–water partition coefficient (Wildman–Crippen LogP) is 4.64. The third-order valence-corrected chi connectivity index (χ3v) is 5.96. The van der Waals surface area contributed by atoms with Crippen LogP contribution in [0, 0.1) is 0 Å². The van der Waals surface area contributed by atoms with Crippen LogP contribution in [0.4, 0.5) is 0 Å². The van der Waals surface area contributed by atoms with Crippen molar-refractivity contribution >= 4 is 33.3 Å². The Balaban J connectivity index is 1.76. The first-order chi connectivity index (χ1) is 14.2. The zero-order valence-electron chi connectivity index (χ0n) is 16.2. The zero-order valence-corrected chi connectivity index (χ0v) is 18.6. The van der Waals surface area contributed by atoms with Crippen molar-refractivity contribution in [2.45, 2.75) is 18.5 Å². The molecule has 0 radical (unpaired) electrons. The van der Waals surface area contributed by atoms with Crippen molar-refractivity contribution in [1.29, 1.82) is 0 Å².